The van der Waals surface area contributed by atoms with E-state index >= 15 is 0 Å². The van der Waals surface area contributed by atoms with E-state index in [2.05, 4.69) is 5.32 Å². The number of rotatable bonds is 8. The Hall–Kier alpha value is -2.97. The lowest BCUT2D eigenvalue weighted by Gasteiger charge is -2.25. The molecule has 162 valence electrons. The molecule has 0 radical (unpaired) electrons. The molecule has 1 N–H and O–H groups in total. The number of anilines is 2. The molecule has 3 aromatic rings. The van der Waals surface area contributed by atoms with E-state index in [0.717, 1.165) is 14.8 Å². The summed E-state index contributed by atoms with van der Waals surface area (Å²) in [6.07, 6.45) is 1.94. The summed E-state index contributed by atoms with van der Waals surface area (Å²) in [6.45, 7) is 1.42. The number of nitrogens with one attached hydrogen (secondary N) is 1. The van der Waals surface area contributed by atoms with Gasteiger partial charge in [-0.15, -0.1) is 11.8 Å². The van der Waals surface area contributed by atoms with E-state index in [1.54, 1.807) is 73.3 Å². The number of hydrogen-bond donors (Lipinski definition) is 1. The lowest BCUT2D eigenvalue weighted by Crippen LogP contribution is -2.38. The number of para-hydroxylation sites is 1. The summed E-state index contributed by atoms with van der Waals surface area (Å²) in [4.78, 5) is 13.8. The standard InChI is InChI=1S/C23H24N2O4S2/c1-17-12-13-21(29-2)22(14-17)31(27,28)25(19-9-5-4-6-10-19)16-23(26)24-18-8-7-11-20(15-18)30-3/h4-15H,16H2,1-3H3,(H,24,26). The predicted octanol–water partition coefficient (Wildman–Crippen LogP) is 4.56. The minimum absolute atomic E-state index is 0.0102. The van der Waals surface area contributed by atoms with Crippen LogP contribution in [0.5, 0.6) is 5.75 Å². The van der Waals surface area contributed by atoms with E-state index in [1.807, 2.05) is 24.5 Å². The van der Waals surface area contributed by atoms with E-state index in [0.29, 0.717) is 11.4 Å². The van der Waals surface area contributed by atoms with Crippen LogP contribution >= 0.6 is 11.8 Å². The number of thioether (sulfide) groups is 1. The van der Waals surface area contributed by atoms with Crippen LogP contribution < -0.4 is 14.4 Å². The number of benzene rings is 3. The molecule has 0 bridgehead atoms. The minimum atomic E-state index is -4.08. The molecule has 3 aromatic carbocycles. The maximum absolute atomic E-state index is 13.6. The van der Waals surface area contributed by atoms with Gasteiger partial charge in [-0.2, -0.15) is 0 Å². The molecule has 0 aromatic heterocycles. The Morgan fingerprint density at radius 3 is 2.45 bits per heavy atom. The van der Waals surface area contributed by atoms with Crippen LogP contribution in [0.15, 0.2) is 82.6 Å². The summed E-state index contributed by atoms with van der Waals surface area (Å²) >= 11 is 1.56. The van der Waals surface area contributed by atoms with Crippen LogP contribution in [0, 0.1) is 6.92 Å². The number of carbonyl (C=O) groups excluding carboxylic acids is 1. The van der Waals surface area contributed by atoms with Gasteiger partial charge in [-0.25, -0.2) is 8.42 Å². The zero-order valence-corrected chi connectivity index (χ0v) is 19.2. The van der Waals surface area contributed by atoms with Crippen molar-refractivity contribution in [3.63, 3.8) is 0 Å². The summed E-state index contributed by atoms with van der Waals surface area (Å²) < 4.78 is 33.6. The van der Waals surface area contributed by atoms with Crippen LogP contribution in [-0.4, -0.2) is 34.2 Å². The Morgan fingerprint density at radius 2 is 1.77 bits per heavy atom. The highest BCUT2D eigenvalue weighted by atomic mass is 32.2. The number of nitrogens with zero attached hydrogens (tertiary/aromatic N) is 1. The number of hydrogen-bond acceptors (Lipinski definition) is 5. The fourth-order valence-electron chi connectivity index (χ4n) is 3.05. The molecule has 0 saturated carbocycles. The van der Waals surface area contributed by atoms with Gasteiger partial charge < -0.3 is 10.1 Å². The van der Waals surface area contributed by atoms with Gasteiger partial charge in [0.25, 0.3) is 10.0 Å². The molecule has 8 heteroatoms. The highest BCUT2D eigenvalue weighted by Gasteiger charge is 2.30. The molecular formula is C23H24N2O4S2. The minimum Gasteiger partial charge on any atom is -0.495 e. The lowest BCUT2D eigenvalue weighted by atomic mass is 10.2. The van der Waals surface area contributed by atoms with Gasteiger partial charge in [-0.1, -0.05) is 30.3 Å². The summed E-state index contributed by atoms with van der Waals surface area (Å²) in [5, 5.41) is 2.79. The first-order valence-corrected chi connectivity index (χ1v) is 12.2. The molecule has 0 unspecified atom stereocenters. The molecule has 1 amide bonds. The molecular weight excluding hydrogens is 432 g/mol. The smallest absolute Gasteiger partial charge is 0.268 e. The quantitative estimate of drug-likeness (QED) is 0.503. The van der Waals surface area contributed by atoms with E-state index in [1.165, 1.54) is 7.11 Å². The Kier molecular flexibility index (Phi) is 7.25. The number of aryl methyl sites for hydroxylation is 1. The third kappa shape index (κ3) is 5.39. The monoisotopic (exact) mass is 456 g/mol. The van der Waals surface area contributed by atoms with Crippen LogP contribution in [0.2, 0.25) is 0 Å². The predicted molar refractivity (Wildman–Crippen MR) is 126 cm³/mol. The molecule has 0 aliphatic heterocycles. The van der Waals surface area contributed by atoms with Crippen molar-refractivity contribution < 1.29 is 17.9 Å². The van der Waals surface area contributed by atoms with E-state index in [-0.39, 0.29) is 17.2 Å². The molecule has 0 atom stereocenters. The maximum atomic E-state index is 13.6. The molecule has 0 fully saturated rings. The van der Waals surface area contributed by atoms with Crippen molar-refractivity contribution >= 4 is 39.1 Å². The molecule has 31 heavy (non-hydrogen) atoms. The molecule has 0 aliphatic carbocycles. The zero-order valence-electron chi connectivity index (χ0n) is 17.5. The van der Waals surface area contributed by atoms with Crippen LogP contribution in [0.4, 0.5) is 11.4 Å². The van der Waals surface area contributed by atoms with Gasteiger partial charge in [0.05, 0.1) is 12.8 Å². The highest BCUT2D eigenvalue weighted by Crippen LogP contribution is 2.31. The van der Waals surface area contributed by atoms with Crippen molar-refractivity contribution in [3.05, 3.63) is 78.4 Å². The van der Waals surface area contributed by atoms with Crippen molar-refractivity contribution in [2.75, 3.05) is 29.5 Å². The van der Waals surface area contributed by atoms with Gasteiger partial charge in [0.1, 0.15) is 17.2 Å². The van der Waals surface area contributed by atoms with Crippen LogP contribution in [0.3, 0.4) is 0 Å². The highest BCUT2D eigenvalue weighted by molar-refractivity contribution is 7.98. The summed E-state index contributed by atoms with van der Waals surface area (Å²) in [5.74, 6) is -0.225. The lowest BCUT2D eigenvalue weighted by molar-refractivity contribution is -0.114. The topological polar surface area (TPSA) is 75.7 Å². The van der Waals surface area contributed by atoms with Crippen molar-refractivity contribution in [2.24, 2.45) is 0 Å². The first-order valence-electron chi connectivity index (χ1n) is 9.51. The summed E-state index contributed by atoms with van der Waals surface area (Å²) in [7, 11) is -2.66. The van der Waals surface area contributed by atoms with Gasteiger partial charge in [0.15, 0.2) is 0 Å². The van der Waals surface area contributed by atoms with Crippen molar-refractivity contribution in [3.8, 4) is 5.75 Å². The van der Waals surface area contributed by atoms with Gasteiger partial charge in [-0.05, 0) is 61.2 Å². The van der Waals surface area contributed by atoms with Crippen molar-refractivity contribution in [1.82, 2.24) is 0 Å². The number of methoxy groups -OCH3 is 1. The average molecular weight is 457 g/mol. The number of ether oxygens (including phenoxy) is 1. The fraction of sp³-hybridized carbons (Fsp3) is 0.174. The molecule has 3 rings (SSSR count). The Morgan fingerprint density at radius 1 is 1.03 bits per heavy atom. The van der Waals surface area contributed by atoms with Crippen LogP contribution in [0.25, 0.3) is 0 Å². The van der Waals surface area contributed by atoms with Crippen molar-refractivity contribution in [2.45, 2.75) is 16.7 Å². The van der Waals surface area contributed by atoms with E-state index in [9.17, 15) is 13.2 Å². The Bertz CT molecular complexity index is 1170. The molecule has 6 nitrogen and oxygen atoms in total. The molecule has 0 heterocycles. The third-order valence-electron chi connectivity index (χ3n) is 4.57. The second-order valence-corrected chi connectivity index (χ2v) is 9.49. The number of amides is 1. The van der Waals surface area contributed by atoms with Gasteiger partial charge in [0.2, 0.25) is 5.91 Å². The summed E-state index contributed by atoms with van der Waals surface area (Å²) in [5.41, 5.74) is 1.76. The van der Waals surface area contributed by atoms with Gasteiger partial charge >= 0.3 is 0 Å². The van der Waals surface area contributed by atoms with Crippen molar-refractivity contribution in [1.29, 1.82) is 0 Å². The largest absolute Gasteiger partial charge is 0.495 e. The number of sulfonamides is 1. The molecule has 0 saturated heterocycles. The third-order valence-corrected chi connectivity index (χ3v) is 7.09. The first kappa shape index (κ1) is 22.7. The zero-order chi connectivity index (χ0) is 22.4. The second-order valence-electron chi connectivity index (χ2n) is 6.78. The van der Waals surface area contributed by atoms with E-state index < -0.39 is 15.9 Å². The number of carbonyl (C=O) groups is 1. The molecule has 0 spiro atoms. The van der Waals surface area contributed by atoms with Gasteiger partial charge in [-0.3, -0.25) is 9.10 Å². The van der Waals surface area contributed by atoms with Crippen LogP contribution in [-0.2, 0) is 14.8 Å². The SMILES string of the molecule is COc1ccc(C)cc1S(=O)(=O)N(CC(=O)Nc1cccc(SC)c1)c1ccccc1. The fourth-order valence-corrected chi connectivity index (χ4v) is 5.17. The second kappa shape index (κ2) is 9.89. The van der Waals surface area contributed by atoms with Crippen LogP contribution in [0.1, 0.15) is 5.56 Å². The van der Waals surface area contributed by atoms with Gasteiger partial charge in [0, 0.05) is 10.6 Å². The first-order chi connectivity index (χ1) is 14.8. The maximum Gasteiger partial charge on any atom is 0.268 e. The summed E-state index contributed by atoms with van der Waals surface area (Å²) in [6, 6.07) is 20.9. The van der Waals surface area contributed by atoms with E-state index in [4.69, 9.17) is 4.74 Å². The average Bonchev–Trinajstić information content (AvgIpc) is 2.78. The molecule has 0 aliphatic rings. The Labute approximate surface area is 187 Å². The Balaban J connectivity index is 1.97. The normalized spacial score (nSPS) is 11.1.